The van der Waals surface area contributed by atoms with Crippen molar-refractivity contribution in [2.45, 2.75) is 45.7 Å². The first-order valence-corrected chi connectivity index (χ1v) is 7.36. The molecule has 20 heavy (non-hydrogen) atoms. The molecule has 0 radical (unpaired) electrons. The van der Waals surface area contributed by atoms with Gasteiger partial charge in [-0.2, -0.15) is 0 Å². The number of nitrogens with zero attached hydrogens (tertiary/aromatic N) is 2. The summed E-state index contributed by atoms with van der Waals surface area (Å²) in [6, 6.07) is 13.0. The van der Waals surface area contributed by atoms with Crippen molar-refractivity contribution in [2.75, 3.05) is 0 Å². The third-order valence-corrected chi connectivity index (χ3v) is 3.41. The lowest BCUT2D eigenvalue weighted by molar-refractivity contribution is 0.476. The van der Waals surface area contributed by atoms with Gasteiger partial charge < -0.3 is 5.32 Å². The van der Waals surface area contributed by atoms with Crippen molar-refractivity contribution in [3.05, 3.63) is 59.7 Å². The number of nitrogens with one attached hydrogen (secondary N) is 1. The number of rotatable bonds is 7. The summed E-state index contributed by atoms with van der Waals surface area (Å²) in [5.74, 6) is 0.828. The monoisotopic (exact) mass is 269 g/mol. The smallest absolute Gasteiger partial charge is 0.125 e. The molecule has 2 rings (SSSR count). The van der Waals surface area contributed by atoms with Gasteiger partial charge in [-0.25, -0.2) is 9.97 Å². The second-order valence-electron chi connectivity index (χ2n) is 5.08. The molecular weight excluding hydrogens is 246 g/mol. The molecule has 0 aliphatic rings. The molecule has 3 nitrogen and oxygen atoms in total. The van der Waals surface area contributed by atoms with E-state index in [-0.39, 0.29) is 0 Å². The second-order valence-corrected chi connectivity index (χ2v) is 5.08. The lowest BCUT2D eigenvalue weighted by atomic mass is 10.0. The van der Waals surface area contributed by atoms with Crippen molar-refractivity contribution in [3.63, 3.8) is 0 Å². The van der Waals surface area contributed by atoms with Crippen molar-refractivity contribution >= 4 is 0 Å². The highest BCUT2D eigenvalue weighted by Gasteiger charge is 2.10. The molecule has 0 aliphatic carbocycles. The zero-order valence-electron chi connectivity index (χ0n) is 12.3. The van der Waals surface area contributed by atoms with Crippen molar-refractivity contribution in [1.29, 1.82) is 0 Å². The van der Waals surface area contributed by atoms with E-state index in [1.807, 2.05) is 19.2 Å². The van der Waals surface area contributed by atoms with E-state index in [4.69, 9.17) is 0 Å². The molecule has 0 fully saturated rings. The Kier molecular flexibility index (Phi) is 5.69. The maximum atomic E-state index is 4.45. The van der Waals surface area contributed by atoms with Crippen molar-refractivity contribution < 1.29 is 0 Å². The Morgan fingerprint density at radius 1 is 1.15 bits per heavy atom. The van der Waals surface area contributed by atoms with Crippen LogP contribution in [0.5, 0.6) is 0 Å². The maximum absolute atomic E-state index is 4.45. The Balaban J connectivity index is 2.01. The summed E-state index contributed by atoms with van der Waals surface area (Å²) in [4.78, 5) is 8.58. The highest BCUT2D eigenvalue weighted by molar-refractivity contribution is 5.19. The van der Waals surface area contributed by atoms with E-state index < -0.39 is 0 Å². The summed E-state index contributed by atoms with van der Waals surface area (Å²) in [6.07, 6.45) is 5.43. The van der Waals surface area contributed by atoms with Crippen LogP contribution in [0.1, 0.15) is 49.3 Å². The third-order valence-electron chi connectivity index (χ3n) is 3.41. The fraction of sp³-hybridized carbons (Fsp3) is 0.412. The Bertz CT molecular complexity index is 511. The topological polar surface area (TPSA) is 37.8 Å². The molecule has 1 atom stereocenters. The van der Waals surface area contributed by atoms with Gasteiger partial charge in [-0.15, -0.1) is 0 Å². The molecule has 2 aromatic rings. The van der Waals surface area contributed by atoms with E-state index in [1.165, 1.54) is 18.4 Å². The Morgan fingerprint density at radius 2 is 1.95 bits per heavy atom. The lowest BCUT2D eigenvalue weighted by Gasteiger charge is -2.19. The molecule has 1 heterocycles. The normalized spacial score (nSPS) is 12.3. The predicted octanol–water partition coefficient (Wildman–Crippen LogP) is 3.81. The van der Waals surface area contributed by atoms with Crippen LogP contribution >= 0.6 is 0 Å². The second kappa shape index (κ2) is 7.75. The van der Waals surface area contributed by atoms with E-state index in [1.54, 1.807) is 0 Å². The average Bonchev–Trinajstić information content (AvgIpc) is 2.48. The number of hydrogen-bond acceptors (Lipinski definition) is 3. The van der Waals surface area contributed by atoms with Crippen LogP contribution in [0.15, 0.2) is 42.6 Å². The number of unbranched alkanes of at least 4 members (excludes halogenated alkanes) is 1. The molecule has 1 unspecified atom stereocenters. The molecule has 1 aromatic carbocycles. The minimum absolute atomic E-state index is 0.395. The van der Waals surface area contributed by atoms with Crippen LogP contribution in [0, 0.1) is 6.92 Å². The molecule has 1 N–H and O–H groups in total. The van der Waals surface area contributed by atoms with Gasteiger partial charge >= 0.3 is 0 Å². The molecule has 0 saturated heterocycles. The van der Waals surface area contributed by atoms with E-state index in [0.717, 1.165) is 24.5 Å². The number of aryl methyl sites for hydroxylation is 1. The van der Waals surface area contributed by atoms with Gasteiger partial charge in [-0.1, -0.05) is 50.1 Å². The van der Waals surface area contributed by atoms with Crippen molar-refractivity contribution in [3.8, 4) is 0 Å². The van der Waals surface area contributed by atoms with Gasteiger partial charge in [0.25, 0.3) is 0 Å². The summed E-state index contributed by atoms with van der Waals surface area (Å²) >= 11 is 0. The minimum Gasteiger partial charge on any atom is -0.304 e. The van der Waals surface area contributed by atoms with Crippen LogP contribution in [0.4, 0.5) is 0 Å². The SMILES string of the molecule is CCCCC(NCc1ccnc(C)n1)c1ccccc1. The lowest BCUT2D eigenvalue weighted by Crippen LogP contribution is -2.21. The summed E-state index contributed by atoms with van der Waals surface area (Å²) in [5.41, 5.74) is 2.40. The Morgan fingerprint density at radius 3 is 2.65 bits per heavy atom. The summed E-state index contributed by atoms with van der Waals surface area (Å²) in [7, 11) is 0. The number of aromatic nitrogens is 2. The van der Waals surface area contributed by atoms with Gasteiger partial charge in [0.2, 0.25) is 0 Å². The molecule has 0 spiro atoms. The molecule has 0 saturated carbocycles. The average molecular weight is 269 g/mol. The van der Waals surface area contributed by atoms with Gasteiger partial charge in [0, 0.05) is 18.8 Å². The van der Waals surface area contributed by atoms with E-state index in [2.05, 4.69) is 52.5 Å². The van der Waals surface area contributed by atoms with E-state index in [0.29, 0.717) is 6.04 Å². The largest absolute Gasteiger partial charge is 0.304 e. The quantitative estimate of drug-likeness (QED) is 0.830. The predicted molar refractivity (Wildman–Crippen MR) is 82.3 cm³/mol. The van der Waals surface area contributed by atoms with Crippen LogP contribution in [0.2, 0.25) is 0 Å². The molecule has 0 aliphatic heterocycles. The van der Waals surface area contributed by atoms with E-state index in [9.17, 15) is 0 Å². The standard InChI is InChI=1S/C17H23N3/c1-3-4-10-17(15-8-6-5-7-9-15)19-13-16-11-12-18-14(2)20-16/h5-9,11-12,17,19H,3-4,10,13H2,1-2H3. The minimum atomic E-state index is 0.395. The summed E-state index contributed by atoms with van der Waals surface area (Å²) < 4.78 is 0. The van der Waals surface area contributed by atoms with E-state index >= 15 is 0 Å². The summed E-state index contributed by atoms with van der Waals surface area (Å²) in [5, 5.41) is 3.62. The van der Waals surface area contributed by atoms with Gasteiger partial charge in [0.05, 0.1) is 5.69 Å². The fourth-order valence-corrected chi connectivity index (χ4v) is 2.31. The van der Waals surface area contributed by atoms with Gasteiger partial charge in [-0.3, -0.25) is 0 Å². The van der Waals surface area contributed by atoms with Crippen LogP contribution in [-0.4, -0.2) is 9.97 Å². The molecule has 106 valence electrons. The third kappa shape index (κ3) is 4.42. The number of hydrogen-bond donors (Lipinski definition) is 1. The summed E-state index contributed by atoms with van der Waals surface area (Å²) in [6.45, 7) is 4.94. The first kappa shape index (κ1) is 14.7. The maximum Gasteiger partial charge on any atom is 0.125 e. The van der Waals surface area contributed by atoms with Crippen LogP contribution in [0.25, 0.3) is 0 Å². The fourth-order valence-electron chi connectivity index (χ4n) is 2.31. The Labute approximate surface area is 121 Å². The van der Waals surface area contributed by atoms with Gasteiger partial charge in [-0.05, 0) is 25.0 Å². The highest BCUT2D eigenvalue weighted by atomic mass is 14.9. The first-order chi connectivity index (χ1) is 9.79. The molecule has 1 aromatic heterocycles. The molecule has 0 bridgehead atoms. The van der Waals surface area contributed by atoms with Crippen LogP contribution in [-0.2, 0) is 6.54 Å². The molecule has 3 heteroatoms. The highest BCUT2D eigenvalue weighted by Crippen LogP contribution is 2.19. The molecular formula is C17H23N3. The van der Waals surface area contributed by atoms with Crippen molar-refractivity contribution in [1.82, 2.24) is 15.3 Å². The molecule has 0 amide bonds. The Hall–Kier alpha value is -1.74. The van der Waals surface area contributed by atoms with Gasteiger partial charge in [0.1, 0.15) is 5.82 Å². The van der Waals surface area contributed by atoms with Gasteiger partial charge in [0.15, 0.2) is 0 Å². The zero-order valence-corrected chi connectivity index (χ0v) is 12.3. The van der Waals surface area contributed by atoms with Crippen LogP contribution in [0.3, 0.4) is 0 Å². The number of benzene rings is 1. The van der Waals surface area contributed by atoms with Crippen LogP contribution < -0.4 is 5.32 Å². The first-order valence-electron chi connectivity index (χ1n) is 7.36. The zero-order chi connectivity index (χ0) is 14.2. The van der Waals surface area contributed by atoms with Crippen molar-refractivity contribution in [2.24, 2.45) is 0 Å².